The maximum absolute atomic E-state index is 11.4. The van der Waals surface area contributed by atoms with Gasteiger partial charge in [0, 0.05) is 12.6 Å². The van der Waals surface area contributed by atoms with Crippen LogP contribution in [0.3, 0.4) is 0 Å². The molecule has 1 aromatic carbocycles. The Morgan fingerprint density at radius 3 is 2.75 bits per heavy atom. The lowest BCUT2D eigenvalue weighted by Crippen LogP contribution is -2.54. The van der Waals surface area contributed by atoms with Gasteiger partial charge < -0.3 is 14.9 Å². The van der Waals surface area contributed by atoms with Crippen molar-refractivity contribution >= 4 is 5.97 Å². The predicted molar refractivity (Wildman–Crippen MR) is 74.9 cm³/mol. The molecular weight excluding hydrogens is 258 g/mol. The summed E-state index contributed by atoms with van der Waals surface area (Å²) < 4.78 is 5.69. The molecule has 110 valence electrons. The smallest absolute Gasteiger partial charge is 0.327 e. The van der Waals surface area contributed by atoms with E-state index in [1.807, 2.05) is 18.2 Å². The number of ether oxygens (including phenoxy) is 1. The van der Waals surface area contributed by atoms with E-state index in [1.165, 1.54) is 0 Å². The minimum atomic E-state index is -1.09. The topological polar surface area (TPSA) is 78.8 Å². The van der Waals surface area contributed by atoms with Gasteiger partial charge in [-0.3, -0.25) is 10.1 Å². The number of carboxylic acids is 1. The van der Waals surface area contributed by atoms with Crippen molar-refractivity contribution in [3.8, 4) is 5.75 Å². The molecule has 1 fully saturated rings. The van der Waals surface area contributed by atoms with Crippen molar-refractivity contribution in [2.75, 3.05) is 13.2 Å². The summed E-state index contributed by atoms with van der Waals surface area (Å²) in [6, 6.07) is 7.66. The number of aliphatic hydroxyl groups is 1. The molecule has 0 amide bonds. The molecular formula is C15H21NO4. The van der Waals surface area contributed by atoms with E-state index in [-0.39, 0.29) is 19.3 Å². The monoisotopic (exact) mass is 279 g/mol. The summed E-state index contributed by atoms with van der Waals surface area (Å²) in [5.41, 5.74) is -0.206. The molecule has 1 aromatic rings. The minimum absolute atomic E-state index is 0.0386. The molecule has 20 heavy (non-hydrogen) atoms. The average molecular weight is 279 g/mol. The van der Waals surface area contributed by atoms with Crippen LogP contribution in [0.1, 0.15) is 25.3 Å². The van der Waals surface area contributed by atoms with E-state index in [0.717, 1.165) is 18.4 Å². The molecule has 0 spiro atoms. The van der Waals surface area contributed by atoms with E-state index in [9.17, 15) is 9.90 Å². The van der Waals surface area contributed by atoms with Crippen LogP contribution in [-0.2, 0) is 11.2 Å². The van der Waals surface area contributed by atoms with Crippen molar-refractivity contribution in [2.45, 2.75) is 37.8 Å². The number of aliphatic hydroxyl groups excluding tert-OH is 1. The molecule has 1 aliphatic carbocycles. The SMILES string of the molecule is CC(COc1ccccc1CCO)(NC1CC1)C(=O)O. The zero-order valence-electron chi connectivity index (χ0n) is 11.6. The van der Waals surface area contributed by atoms with Gasteiger partial charge in [-0.05, 0) is 37.8 Å². The molecule has 0 bridgehead atoms. The number of hydrogen-bond acceptors (Lipinski definition) is 4. The molecule has 5 heteroatoms. The molecule has 0 saturated heterocycles. The Morgan fingerprint density at radius 2 is 2.15 bits per heavy atom. The van der Waals surface area contributed by atoms with Crippen molar-refractivity contribution in [3.63, 3.8) is 0 Å². The molecule has 5 nitrogen and oxygen atoms in total. The Labute approximate surface area is 118 Å². The molecule has 1 saturated carbocycles. The van der Waals surface area contributed by atoms with Gasteiger partial charge in [0.1, 0.15) is 17.9 Å². The highest BCUT2D eigenvalue weighted by atomic mass is 16.5. The summed E-state index contributed by atoms with van der Waals surface area (Å²) in [5.74, 6) is -0.282. The largest absolute Gasteiger partial charge is 0.491 e. The summed E-state index contributed by atoms with van der Waals surface area (Å²) in [7, 11) is 0. The number of carbonyl (C=O) groups is 1. The van der Waals surface area contributed by atoms with Gasteiger partial charge in [-0.2, -0.15) is 0 Å². The maximum Gasteiger partial charge on any atom is 0.327 e. The van der Waals surface area contributed by atoms with E-state index < -0.39 is 11.5 Å². The van der Waals surface area contributed by atoms with Gasteiger partial charge in [-0.25, -0.2) is 0 Å². The van der Waals surface area contributed by atoms with Crippen LogP contribution < -0.4 is 10.1 Å². The Hall–Kier alpha value is -1.59. The first-order valence-electron chi connectivity index (χ1n) is 6.88. The first kappa shape index (κ1) is 14.8. The van der Waals surface area contributed by atoms with E-state index in [0.29, 0.717) is 12.2 Å². The summed E-state index contributed by atoms with van der Waals surface area (Å²) in [6.07, 6.45) is 2.53. The Morgan fingerprint density at radius 1 is 1.45 bits per heavy atom. The van der Waals surface area contributed by atoms with Crippen LogP contribution in [0.4, 0.5) is 0 Å². The highest BCUT2D eigenvalue weighted by Gasteiger charge is 2.39. The van der Waals surface area contributed by atoms with Crippen molar-refractivity contribution in [1.29, 1.82) is 0 Å². The molecule has 3 N–H and O–H groups in total. The lowest BCUT2D eigenvalue weighted by atomic mass is 10.0. The summed E-state index contributed by atoms with van der Waals surface area (Å²) in [6.45, 7) is 1.74. The molecule has 1 unspecified atom stereocenters. The van der Waals surface area contributed by atoms with Crippen molar-refractivity contribution in [1.82, 2.24) is 5.32 Å². The fourth-order valence-electron chi connectivity index (χ4n) is 2.04. The van der Waals surface area contributed by atoms with Crippen LogP contribution >= 0.6 is 0 Å². The third kappa shape index (κ3) is 3.71. The zero-order valence-corrected chi connectivity index (χ0v) is 11.6. The number of rotatable bonds is 8. The first-order valence-corrected chi connectivity index (χ1v) is 6.88. The number of hydrogen-bond donors (Lipinski definition) is 3. The lowest BCUT2D eigenvalue weighted by Gasteiger charge is -2.27. The van der Waals surface area contributed by atoms with Crippen LogP contribution in [0.15, 0.2) is 24.3 Å². The second-order valence-corrected chi connectivity index (χ2v) is 5.43. The number of carboxylic acid groups (broad SMARTS) is 1. The van der Waals surface area contributed by atoms with Crippen molar-refractivity contribution in [2.24, 2.45) is 0 Å². The molecule has 0 aliphatic heterocycles. The van der Waals surface area contributed by atoms with E-state index >= 15 is 0 Å². The van der Waals surface area contributed by atoms with Gasteiger partial charge in [-0.15, -0.1) is 0 Å². The van der Waals surface area contributed by atoms with Gasteiger partial charge in [-0.1, -0.05) is 18.2 Å². The van der Waals surface area contributed by atoms with Gasteiger partial charge in [0.05, 0.1) is 0 Å². The highest BCUT2D eigenvalue weighted by Crippen LogP contribution is 2.24. The van der Waals surface area contributed by atoms with Crippen molar-refractivity contribution in [3.05, 3.63) is 29.8 Å². The molecule has 1 atom stereocenters. The molecule has 0 radical (unpaired) electrons. The first-order chi connectivity index (χ1) is 9.55. The Bertz CT molecular complexity index is 473. The third-order valence-electron chi connectivity index (χ3n) is 3.44. The van der Waals surface area contributed by atoms with Crippen molar-refractivity contribution < 1.29 is 19.7 Å². The van der Waals surface area contributed by atoms with E-state index in [1.54, 1.807) is 13.0 Å². The third-order valence-corrected chi connectivity index (χ3v) is 3.44. The van der Waals surface area contributed by atoms with Gasteiger partial charge in [0.2, 0.25) is 0 Å². The molecule has 0 aromatic heterocycles. The quantitative estimate of drug-likeness (QED) is 0.666. The summed E-state index contributed by atoms with van der Waals surface area (Å²) in [5, 5.41) is 21.5. The second kappa shape index (κ2) is 6.24. The number of benzene rings is 1. The molecule has 1 aliphatic rings. The normalized spacial score (nSPS) is 17.5. The van der Waals surface area contributed by atoms with E-state index in [2.05, 4.69) is 5.32 Å². The standard InChI is InChI=1S/C15H21NO4/c1-15(14(18)19,16-12-6-7-12)10-20-13-5-3-2-4-11(13)8-9-17/h2-5,12,16-17H,6-10H2,1H3,(H,18,19). The van der Waals surface area contributed by atoms with Gasteiger partial charge in [0.25, 0.3) is 0 Å². The molecule has 2 rings (SSSR count). The number of aliphatic carboxylic acids is 1. The van der Waals surface area contributed by atoms with Gasteiger partial charge >= 0.3 is 5.97 Å². The fraction of sp³-hybridized carbons (Fsp3) is 0.533. The Balaban J connectivity index is 2.03. The molecule has 0 heterocycles. The zero-order chi connectivity index (χ0) is 14.6. The summed E-state index contributed by atoms with van der Waals surface area (Å²) in [4.78, 5) is 11.4. The van der Waals surface area contributed by atoms with Crippen LogP contribution in [0, 0.1) is 0 Å². The predicted octanol–water partition coefficient (Wildman–Crippen LogP) is 1.20. The Kier molecular flexibility index (Phi) is 4.62. The highest BCUT2D eigenvalue weighted by molar-refractivity contribution is 5.78. The van der Waals surface area contributed by atoms with E-state index in [4.69, 9.17) is 9.84 Å². The number of nitrogens with one attached hydrogen (secondary N) is 1. The van der Waals surface area contributed by atoms with Crippen LogP contribution in [0.5, 0.6) is 5.75 Å². The number of para-hydroxylation sites is 1. The van der Waals surface area contributed by atoms with Crippen LogP contribution in [0.2, 0.25) is 0 Å². The second-order valence-electron chi connectivity index (χ2n) is 5.43. The van der Waals surface area contributed by atoms with Crippen LogP contribution in [0.25, 0.3) is 0 Å². The van der Waals surface area contributed by atoms with Gasteiger partial charge in [0.15, 0.2) is 0 Å². The fourth-order valence-corrected chi connectivity index (χ4v) is 2.04. The maximum atomic E-state index is 11.4. The average Bonchev–Trinajstić information content (AvgIpc) is 3.22. The van der Waals surface area contributed by atoms with Crippen LogP contribution in [-0.4, -0.2) is 41.0 Å². The summed E-state index contributed by atoms with van der Waals surface area (Å²) >= 11 is 0. The minimum Gasteiger partial charge on any atom is -0.491 e. The lowest BCUT2D eigenvalue weighted by molar-refractivity contribution is -0.145.